The van der Waals surface area contributed by atoms with Crippen LogP contribution in [0.15, 0.2) is 41.5 Å². The van der Waals surface area contributed by atoms with Crippen molar-refractivity contribution in [2.24, 2.45) is 5.10 Å². The molecular formula is C16H9F5N2O2. The topological polar surface area (TPSA) is 50.7 Å². The van der Waals surface area contributed by atoms with Crippen molar-refractivity contribution in [1.82, 2.24) is 5.43 Å². The van der Waals surface area contributed by atoms with Crippen LogP contribution in [-0.2, 0) is 15.7 Å². The maximum absolute atomic E-state index is 13.9. The average Bonchev–Trinajstić information content (AvgIpc) is 2.54. The maximum atomic E-state index is 13.9. The molecule has 4 nitrogen and oxygen atoms in total. The largest absolute Gasteiger partial charge is 0.466 e. The summed E-state index contributed by atoms with van der Waals surface area (Å²) in [6, 6.07) is 5.32. The van der Waals surface area contributed by atoms with Crippen LogP contribution in [0.25, 0.3) is 11.1 Å². The van der Waals surface area contributed by atoms with Crippen molar-refractivity contribution in [3.8, 4) is 11.1 Å². The molecule has 9 heteroatoms. The predicted molar refractivity (Wildman–Crippen MR) is 77.4 cm³/mol. The summed E-state index contributed by atoms with van der Waals surface area (Å²) in [6.45, 7) is -0.380. The molecule has 0 radical (unpaired) electrons. The number of nitrogens with one attached hydrogen (secondary N) is 1. The van der Waals surface area contributed by atoms with Gasteiger partial charge in [-0.3, -0.25) is 4.79 Å². The summed E-state index contributed by atoms with van der Waals surface area (Å²) in [5.74, 6) is -2.75. The molecule has 1 N–H and O–H groups in total. The Hall–Kier alpha value is -2.97. The molecule has 1 aliphatic rings. The standard InChI is InChI=1S/C16H9F5N2O2/c17-9-2-4-11(13(18)6-9)10-3-1-8(5-12(10)16(19,20)21)15-23-22-14(24)7-25-15/h1-6H,7H2,(H,22,24). The third kappa shape index (κ3) is 3.44. The van der Waals surface area contributed by atoms with Crippen LogP contribution in [0.2, 0.25) is 0 Å². The number of rotatable bonds is 2. The fourth-order valence-electron chi connectivity index (χ4n) is 2.31. The monoisotopic (exact) mass is 356 g/mol. The number of carbonyl (C=O) groups is 1. The van der Waals surface area contributed by atoms with Gasteiger partial charge in [-0.2, -0.15) is 13.2 Å². The fraction of sp³-hybridized carbons (Fsp3) is 0.125. The molecule has 2 aromatic carbocycles. The van der Waals surface area contributed by atoms with Gasteiger partial charge in [0.1, 0.15) is 11.6 Å². The van der Waals surface area contributed by atoms with Crippen molar-refractivity contribution in [1.29, 1.82) is 0 Å². The molecule has 3 rings (SSSR count). The number of benzene rings is 2. The van der Waals surface area contributed by atoms with Crippen LogP contribution in [0.1, 0.15) is 11.1 Å². The number of ether oxygens (including phenoxy) is 1. The third-order valence-corrected chi connectivity index (χ3v) is 3.42. The second kappa shape index (κ2) is 6.15. The highest BCUT2D eigenvalue weighted by atomic mass is 19.4. The Labute approximate surface area is 137 Å². The van der Waals surface area contributed by atoms with E-state index >= 15 is 0 Å². The summed E-state index contributed by atoms with van der Waals surface area (Å²) < 4.78 is 72.1. The maximum Gasteiger partial charge on any atom is 0.417 e. The quantitative estimate of drug-likeness (QED) is 0.838. The molecule has 1 heterocycles. The number of carbonyl (C=O) groups excluding carboxylic acids is 1. The average molecular weight is 356 g/mol. The first-order chi connectivity index (χ1) is 11.8. The van der Waals surface area contributed by atoms with E-state index in [4.69, 9.17) is 4.74 Å². The van der Waals surface area contributed by atoms with Gasteiger partial charge in [0.2, 0.25) is 5.90 Å². The Morgan fingerprint density at radius 2 is 1.76 bits per heavy atom. The second-order valence-corrected chi connectivity index (χ2v) is 5.12. The van der Waals surface area contributed by atoms with Crippen molar-refractivity contribution >= 4 is 11.8 Å². The highest BCUT2D eigenvalue weighted by molar-refractivity contribution is 5.98. The van der Waals surface area contributed by atoms with Crippen molar-refractivity contribution < 1.29 is 31.5 Å². The van der Waals surface area contributed by atoms with E-state index in [1.54, 1.807) is 0 Å². The van der Waals surface area contributed by atoms with E-state index in [9.17, 15) is 26.7 Å². The first-order valence-corrected chi connectivity index (χ1v) is 6.92. The molecule has 0 aromatic heterocycles. The zero-order valence-corrected chi connectivity index (χ0v) is 12.3. The first-order valence-electron chi connectivity index (χ1n) is 6.92. The second-order valence-electron chi connectivity index (χ2n) is 5.12. The zero-order chi connectivity index (χ0) is 18.2. The van der Waals surface area contributed by atoms with Crippen LogP contribution in [0, 0.1) is 11.6 Å². The molecule has 0 saturated heterocycles. The Kier molecular flexibility index (Phi) is 4.15. The molecule has 25 heavy (non-hydrogen) atoms. The summed E-state index contributed by atoms with van der Waals surface area (Å²) in [7, 11) is 0. The van der Waals surface area contributed by atoms with Gasteiger partial charge in [-0.05, 0) is 29.8 Å². The van der Waals surface area contributed by atoms with Gasteiger partial charge >= 0.3 is 6.18 Å². The predicted octanol–water partition coefficient (Wildman–Crippen LogP) is 3.46. The number of hydrogen-bond acceptors (Lipinski definition) is 3. The van der Waals surface area contributed by atoms with E-state index in [0.29, 0.717) is 6.07 Å². The van der Waals surface area contributed by atoms with Crippen molar-refractivity contribution in [3.05, 3.63) is 59.2 Å². The molecule has 2 aromatic rings. The number of amides is 1. The van der Waals surface area contributed by atoms with E-state index in [1.165, 1.54) is 6.07 Å². The lowest BCUT2D eigenvalue weighted by Crippen LogP contribution is -2.32. The van der Waals surface area contributed by atoms with E-state index in [2.05, 4.69) is 10.5 Å². The van der Waals surface area contributed by atoms with E-state index in [-0.39, 0.29) is 23.6 Å². The van der Waals surface area contributed by atoms with Gasteiger partial charge < -0.3 is 4.74 Å². The van der Waals surface area contributed by atoms with E-state index < -0.39 is 34.8 Å². The molecule has 130 valence electrons. The zero-order valence-electron chi connectivity index (χ0n) is 12.3. The van der Waals surface area contributed by atoms with E-state index in [0.717, 1.165) is 24.3 Å². The third-order valence-electron chi connectivity index (χ3n) is 3.42. The van der Waals surface area contributed by atoms with Crippen LogP contribution < -0.4 is 5.43 Å². The number of hydrogen-bond donors (Lipinski definition) is 1. The molecule has 1 amide bonds. The minimum atomic E-state index is -4.80. The van der Waals surface area contributed by atoms with Gasteiger partial charge in [0, 0.05) is 17.2 Å². The van der Waals surface area contributed by atoms with Crippen molar-refractivity contribution in [2.45, 2.75) is 6.18 Å². The number of halogens is 5. The number of nitrogens with zero attached hydrogens (tertiary/aromatic N) is 1. The van der Waals surface area contributed by atoms with Crippen LogP contribution in [0.3, 0.4) is 0 Å². The summed E-state index contributed by atoms with van der Waals surface area (Å²) in [5, 5.41) is 3.54. The van der Waals surface area contributed by atoms with Crippen LogP contribution in [0.4, 0.5) is 22.0 Å². The smallest absolute Gasteiger partial charge is 0.417 e. The SMILES string of the molecule is O=C1COC(c2ccc(-c3ccc(F)cc3F)c(C(F)(F)F)c2)=NN1. The van der Waals surface area contributed by atoms with Gasteiger partial charge in [0.05, 0.1) is 5.56 Å². The molecule has 0 bridgehead atoms. The Balaban J connectivity index is 2.12. The molecule has 0 unspecified atom stereocenters. The van der Waals surface area contributed by atoms with Crippen LogP contribution in [0.5, 0.6) is 0 Å². The van der Waals surface area contributed by atoms with Gasteiger partial charge in [0.15, 0.2) is 6.61 Å². The normalized spacial score (nSPS) is 14.6. The lowest BCUT2D eigenvalue weighted by molar-refractivity contribution is -0.137. The Morgan fingerprint density at radius 1 is 1.04 bits per heavy atom. The molecule has 1 aliphatic heterocycles. The van der Waals surface area contributed by atoms with E-state index in [1.807, 2.05) is 0 Å². The minimum Gasteiger partial charge on any atom is -0.466 e. The lowest BCUT2D eigenvalue weighted by Gasteiger charge is -2.18. The van der Waals surface area contributed by atoms with Crippen molar-refractivity contribution in [2.75, 3.05) is 6.61 Å². The number of alkyl halides is 3. The summed E-state index contributed by atoms with van der Waals surface area (Å²) in [4.78, 5) is 11.0. The van der Waals surface area contributed by atoms with Gasteiger partial charge in [-0.1, -0.05) is 6.07 Å². The molecule has 0 spiro atoms. The molecule has 0 saturated carbocycles. The number of hydrazone groups is 1. The minimum absolute atomic E-state index is 0.0430. The Bertz CT molecular complexity index is 877. The van der Waals surface area contributed by atoms with Gasteiger partial charge in [-0.15, -0.1) is 5.10 Å². The summed E-state index contributed by atoms with van der Waals surface area (Å²) in [6.07, 6.45) is -4.80. The highest BCUT2D eigenvalue weighted by Crippen LogP contribution is 2.38. The molecule has 0 aliphatic carbocycles. The van der Waals surface area contributed by atoms with Gasteiger partial charge in [-0.25, -0.2) is 14.2 Å². The molecular weight excluding hydrogens is 347 g/mol. The summed E-state index contributed by atoms with van der Waals surface area (Å²) in [5.41, 5.74) is 0.0698. The van der Waals surface area contributed by atoms with Crippen molar-refractivity contribution in [3.63, 3.8) is 0 Å². The van der Waals surface area contributed by atoms with Crippen LogP contribution in [-0.4, -0.2) is 18.4 Å². The highest BCUT2D eigenvalue weighted by Gasteiger charge is 2.35. The lowest BCUT2D eigenvalue weighted by atomic mass is 9.96. The molecule has 0 fully saturated rings. The van der Waals surface area contributed by atoms with Crippen LogP contribution >= 0.6 is 0 Å². The van der Waals surface area contributed by atoms with Gasteiger partial charge in [0.25, 0.3) is 5.91 Å². The fourth-order valence-corrected chi connectivity index (χ4v) is 2.31. The molecule has 0 atom stereocenters. The summed E-state index contributed by atoms with van der Waals surface area (Å²) >= 11 is 0. The Morgan fingerprint density at radius 3 is 2.36 bits per heavy atom. The first kappa shape index (κ1) is 16.9.